The SMILES string of the molecule is CC1(C)CCC(NC(=O)Nc2cnn(CC(=O)O)c2)CC1. The van der Waals surface area contributed by atoms with Crippen LogP contribution in [0.3, 0.4) is 0 Å². The molecule has 1 aliphatic rings. The third-order valence-electron chi connectivity index (χ3n) is 3.86. The second kappa shape index (κ2) is 6.15. The van der Waals surface area contributed by atoms with E-state index in [9.17, 15) is 9.59 Å². The first-order chi connectivity index (χ1) is 9.84. The molecule has 1 fully saturated rings. The Morgan fingerprint density at radius 2 is 2.10 bits per heavy atom. The number of aliphatic carboxylic acids is 1. The molecule has 1 aromatic rings. The summed E-state index contributed by atoms with van der Waals surface area (Å²) in [7, 11) is 0. The van der Waals surface area contributed by atoms with Gasteiger partial charge in [-0.05, 0) is 31.1 Å². The fraction of sp³-hybridized carbons (Fsp3) is 0.643. The number of carboxylic acids is 1. The van der Waals surface area contributed by atoms with Crippen LogP contribution >= 0.6 is 0 Å². The van der Waals surface area contributed by atoms with Crippen LogP contribution in [0.25, 0.3) is 0 Å². The summed E-state index contributed by atoms with van der Waals surface area (Å²) in [6.45, 7) is 4.28. The number of rotatable bonds is 4. The van der Waals surface area contributed by atoms with E-state index in [1.54, 1.807) is 0 Å². The summed E-state index contributed by atoms with van der Waals surface area (Å²) in [5.41, 5.74) is 0.858. The Morgan fingerprint density at radius 1 is 1.43 bits per heavy atom. The van der Waals surface area contributed by atoms with Crippen LogP contribution in [-0.2, 0) is 11.3 Å². The van der Waals surface area contributed by atoms with Crippen LogP contribution in [0.15, 0.2) is 12.4 Å². The minimum Gasteiger partial charge on any atom is -0.480 e. The van der Waals surface area contributed by atoms with Gasteiger partial charge >= 0.3 is 12.0 Å². The second-order valence-corrected chi connectivity index (χ2v) is 6.36. The molecule has 7 heteroatoms. The van der Waals surface area contributed by atoms with Gasteiger partial charge in [0.25, 0.3) is 0 Å². The lowest BCUT2D eigenvalue weighted by Crippen LogP contribution is -2.41. The van der Waals surface area contributed by atoms with Crippen molar-refractivity contribution in [1.82, 2.24) is 15.1 Å². The van der Waals surface area contributed by atoms with Crippen LogP contribution in [0.1, 0.15) is 39.5 Å². The summed E-state index contributed by atoms with van der Waals surface area (Å²) in [6.07, 6.45) is 7.12. The number of carboxylic acid groups (broad SMARTS) is 1. The fourth-order valence-corrected chi connectivity index (χ4v) is 2.55. The average Bonchev–Trinajstić information content (AvgIpc) is 2.78. The number of urea groups is 1. The van der Waals surface area contributed by atoms with Gasteiger partial charge in [-0.15, -0.1) is 0 Å². The molecule has 0 aliphatic heterocycles. The Balaban J connectivity index is 1.79. The average molecular weight is 294 g/mol. The smallest absolute Gasteiger partial charge is 0.325 e. The topological polar surface area (TPSA) is 96.3 Å². The van der Waals surface area contributed by atoms with E-state index in [0.29, 0.717) is 11.1 Å². The number of carbonyl (C=O) groups is 2. The third-order valence-corrected chi connectivity index (χ3v) is 3.86. The molecule has 0 atom stereocenters. The van der Waals surface area contributed by atoms with Crippen molar-refractivity contribution < 1.29 is 14.7 Å². The van der Waals surface area contributed by atoms with Gasteiger partial charge in [0.2, 0.25) is 0 Å². The van der Waals surface area contributed by atoms with Gasteiger partial charge in [0.15, 0.2) is 0 Å². The van der Waals surface area contributed by atoms with Crippen molar-refractivity contribution in [2.45, 2.75) is 52.1 Å². The molecule has 0 bridgehead atoms. The lowest BCUT2D eigenvalue weighted by atomic mass is 9.76. The van der Waals surface area contributed by atoms with Crippen molar-refractivity contribution >= 4 is 17.7 Å². The van der Waals surface area contributed by atoms with E-state index < -0.39 is 5.97 Å². The minimum absolute atomic E-state index is 0.201. The zero-order valence-electron chi connectivity index (χ0n) is 12.4. The first-order valence-electron chi connectivity index (χ1n) is 7.16. The highest BCUT2D eigenvalue weighted by Gasteiger charge is 2.27. The Bertz CT molecular complexity index is 514. The molecule has 1 heterocycles. The number of hydrogen-bond acceptors (Lipinski definition) is 3. The van der Waals surface area contributed by atoms with E-state index in [0.717, 1.165) is 25.7 Å². The molecule has 0 radical (unpaired) electrons. The third kappa shape index (κ3) is 4.77. The highest BCUT2D eigenvalue weighted by molar-refractivity contribution is 5.89. The lowest BCUT2D eigenvalue weighted by Gasteiger charge is -2.34. The maximum atomic E-state index is 11.9. The predicted octanol–water partition coefficient (Wildman–Crippen LogP) is 2.06. The summed E-state index contributed by atoms with van der Waals surface area (Å²) >= 11 is 0. The van der Waals surface area contributed by atoms with Crippen molar-refractivity contribution in [1.29, 1.82) is 0 Å². The molecule has 0 saturated heterocycles. The quantitative estimate of drug-likeness (QED) is 0.792. The van der Waals surface area contributed by atoms with E-state index in [1.165, 1.54) is 17.1 Å². The molecule has 1 aromatic heterocycles. The largest absolute Gasteiger partial charge is 0.480 e. The molecule has 1 aliphatic carbocycles. The molecular weight excluding hydrogens is 272 g/mol. The normalized spacial score (nSPS) is 18.2. The van der Waals surface area contributed by atoms with E-state index >= 15 is 0 Å². The molecule has 2 rings (SSSR count). The number of carbonyl (C=O) groups excluding carboxylic acids is 1. The van der Waals surface area contributed by atoms with E-state index in [2.05, 4.69) is 29.6 Å². The predicted molar refractivity (Wildman–Crippen MR) is 78.1 cm³/mol. The first kappa shape index (κ1) is 15.3. The molecule has 7 nitrogen and oxygen atoms in total. The van der Waals surface area contributed by atoms with Crippen molar-refractivity contribution in [3.8, 4) is 0 Å². The highest BCUT2D eigenvalue weighted by Crippen LogP contribution is 2.34. The zero-order valence-corrected chi connectivity index (χ0v) is 12.4. The summed E-state index contributed by atoms with van der Waals surface area (Å²) in [5, 5.41) is 18.2. The lowest BCUT2D eigenvalue weighted by molar-refractivity contribution is -0.137. The minimum atomic E-state index is -0.973. The second-order valence-electron chi connectivity index (χ2n) is 6.36. The molecule has 2 amide bonds. The van der Waals surface area contributed by atoms with Gasteiger partial charge in [-0.1, -0.05) is 13.8 Å². The van der Waals surface area contributed by atoms with E-state index in [-0.39, 0.29) is 18.6 Å². The number of nitrogens with one attached hydrogen (secondary N) is 2. The van der Waals surface area contributed by atoms with Crippen molar-refractivity contribution in [2.75, 3.05) is 5.32 Å². The standard InChI is InChI=1S/C14H22N4O3/c1-14(2)5-3-10(4-6-14)16-13(21)17-11-7-15-18(8-11)9-12(19)20/h7-8,10H,3-6,9H2,1-2H3,(H,19,20)(H2,16,17,21). The van der Waals surface area contributed by atoms with Crippen molar-refractivity contribution in [2.24, 2.45) is 5.41 Å². The maximum absolute atomic E-state index is 11.9. The number of nitrogens with zero attached hydrogens (tertiary/aromatic N) is 2. The summed E-state index contributed by atoms with van der Waals surface area (Å²) in [5.74, 6) is -0.973. The van der Waals surface area contributed by atoms with Gasteiger partial charge in [0.1, 0.15) is 6.54 Å². The molecule has 0 unspecified atom stereocenters. The van der Waals surface area contributed by atoms with E-state index in [1.807, 2.05) is 0 Å². The molecule has 0 aromatic carbocycles. The highest BCUT2D eigenvalue weighted by atomic mass is 16.4. The fourth-order valence-electron chi connectivity index (χ4n) is 2.55. The number of hydrogen-bond donors (Lipinski definition) is 3. The van der Waals surface area contributed by atoms with Crippen LogP contribution in [0, 0.1) is 5.41 Å². The Morgan fingerprint density at radius 3 is 2.71 bits per heavy atom. The molecular formula is C14H22N4O3. The molecule has 116 valence electrons. The van der Waals surface area contributed by atoms with Gasteiger partial charge in [0, 0.05) is 12.2 Å². The monoisotopic (exact) mass is 294 g/mol. The van der Waals surface area contributed by atoms with Crippen LogP contribution in [0.4, 0.5) is 10.5 Å². The summed E-state index contributed by atoms with van der Waals surface area (Å²) in [4.78, 5) is 22.5. The zero-order chi connectivity index (χ0) is 15.5. The van der Waals surface area contributed by atoms with Gasteiger partial charge in [-0.3, -0.25) is 9.48 Å². The summed E-state index contributed by atoms with van der Waals surface area (Å²) in [6, 6.07) is -0.0679. The molecule has 3 N–H and O–H groups in total. The summed E-state index contributed by atoms with van der Waals surface area (Å²) < 4.78 is 1.26. The van der Waals surface area contributed by atoms with Crippen molar-refractivity contribution in [3.63, 3.8) is 0 Å². The van der Waals surface area contributed by atoms with Gasteiger partial charge in [0.05, 0.1) is 11.9 Å². The van der Waals surface area contributed by atoms with Crippen LogP contribution in [-0.4, -0.2) is 32.9 Å². The van der Waals surface area contributed by atoms with Gasteiger partial charge in [-0.25, -0.2) is 4.79 Å². The van der Waals surface area contributed by atoms with Crippen LogP contribution < -0.4 is 10.6 Å². The Kier molecular flexibility index (Phi) is 4.50. The van der Waals surface area contributed by atoms with Crippen LogP contribution in [0.5, 0.6) is 0 Å². The van der Waals surface area contributed by atoms with E-state index in [4.69, 9.17) is 5.11 Å². The molecule has 21 heavy (non-hydrogen) atoms. The Labute approximate surface area is 123 Å². The van der Waals surface area contributed by atoms with Gasteiger partial charge < -0.3 is 15.7 Å². The maximum Gasteiger partial charge on any atom is 0.325 e. The molecule has 0 spiro atoms. The first-order valence-corrected chi connectivity index (χ1v) is 7.16. The number of aromatic nitrogens is 2. The van der Waals surface area contributed by atoms with Gasteiger partial charge in [-0.2, -0.15) is 5.10 Å². The molecule has 1 saturated carbocycles. The number of amides is 2. The number of anilines is 1. The van der Waals surface area contributed by atoms with Crippen molar-refractivity contribution in [3.05, 3.63) is 12.4 Å². The Hall–Kier alpha value is -2.05. The van der Waals surface area contributed by atoms with Crippen LogP contribution in [0.2, 0.25) is 0 Å².